The zero-order valence-corrected chi connectivity index (χ0v) is 7.38. The van der Waals surface area contributed by atoms with Crippen LogP contribution in [0, 0.1) is 0 Å². The van der Waals surface area contributed by atoms with Crippen molar-refractivity contribution in [2.24, 2.45) is 0 Å². The number of H-pyrrole nitrogens is 1. The van der Waals surface area contributed by atoms with Gasteiger partial charge in [0.05, 0.1) is 0 Å². The van der Waals surface area contributed by atoms with Crippen molar-refractivity contribution in [1.29, 1.82) is 0 Å². The van der Waals surface area contributed by atoms with Crippen LogP contribution in [0.25, 0.3) is 23.1 Å². The molecule has 0 aliphatic rings. The maximum Gasteiger partial charge on any atom is 0.0466 e. The number of rotatable bonds is 2. The number of hydrogen-bond donors (Lipinski definition) is 1. The van der Waals surface area contributed by atoms with Crippen LogP contribution in [0.4, 0.5) is 0 Å². The molecular weight excluding hydrogens is 158 g/mol. The molecule has 1 heterocycles. The third-order valence-electron chi connectivity index (χ3n) is 2.21. The number of aromatic nitrogens is 1. The van der Waals surface area contributed by atoms with E-state index in [9.17, 15) is 0 Å². The van der Waals surface area contributed by atoms with Gasteiger partial charge in [-0.3, -0.25) is 0 Å². The van der Waals surface area contributed by atoms with E-state index in [1.165, 1.54) is 5.39 Å². The zero-order chi connectivity index (χ0) is 9.26. The average Bonchev–Trinajstić information content (AvgIpc) is 2.60. The van der Waals surface area contributed by atoms with E-state index in [0.717, 1.165) is 16.6 Å². The number of fused-ring (bicyclic) bond motifs is 1. The number of aromatic amines is 1. The Kier molecular flexibility index (Phi) is 1.78. The van der Waals surface area contributed by atoms with Gasteiger partial charge in [0.15, 0.2) is 0 Å². The Morgan fingerprint density at radius 1 is 1.08 bits per heavy atom. The fourth-order valence-electron chi connectivity index (χ4n) is 1.57. The van der Waals surface area contributed by atoms with Crippen LogP contribution >= 0.6 is 0 Å². The summed E-state index contributed by atoms with van der Waals surface area (Å²) in [5, 5.41) is 1.20. The van der Waals surface area contributed by atoms with Gasteiger partial charge in [0.25, 0.3) is 0 Å². The van der Waals surface area contributed by atoms with Crippen molar-refractivity contribution in [2.75, 3.05) is 0 Å². The molecule has 0 bridgehead atoms. The van der Waals surface area contributed by atoms with Crippen molar-refractivity contribution in [3.63, 3.8) is 0 Å². The Morgan fingerprint density at radius 3 is 2.54 bits per heavy atom. The highest BCUT2D eigenvalue weighted by atomic mass is 14.7. The molecule has 0 saturated carbocycles. The normalized spacial score (nSPS) is 10.2. The number of nitrogens with one attached hydrogen (secondary N) is 1. The fraction of sp³-hybridized carbons (Fsp3) is 0. The summed E-state index contributed by atoms with van der Waals surface area (Å²) in [6, 6.07) is 6.12. The van der Waals surface area contributed by atoms with Gasteiger partial charge in [-0.2, -0.15) is 0 Å². The van der Waals surface area contributed by atoms with Crippen LogP contribution in [0.3, 0.4) is 0 Å². The molecule has 13 heavy (non-hydrogen) atoms. The second-order valence-electron chi connectivity index (χ2n) is 2.92. The van der Waals surface area contributed by atoms with Gasteiger partial charge in [0, 0.05) is 17.1 Å². The standard InChI is InChI=1S/C12H11N/c1-3-9-6-5-7-11-12(9)10(4-2)8-13-11/h3-8,13H,1-2H2. The van der Waals surface area contributed by atoms with E-state index in [2.05, 4.69) is 30.3 Å². The number of benzene rings is 1. The van der Waals surface area contributed by atoms with Crippen molar-refractivity contribution in [2.45, 2.75) is 0 Å². The molecule has 0 aliphatic carbocycles. The third kappa shape index (κ3) is 1.09. The van der Waals surface area contributed by atoms with Crippen molar-refractivity contribution in [3.05, 3.63) is 48.7 Å². The Balaban J connectivity index is 2.90. The smallest absolute Gasteiger partial charge is 0.0466 e. The molecule has 64 valence electrons. The quantitative estimate of drug-likeness (QED) is 0.708. The molecule has 1 heteroatoms. The van der Waals surface area contributed by atoms with Crippen LogP contribution in [0.5, 0.6) is 0 Å². The van der Waals surface area contributed by atoms with Crippen LogP contribution in [0.2, 0.25) is 0 Å². The predicted octanol–water partition coefficient (Wildman–Crippen LogP) is 3.45. The highest BCUT2D eigenvalue weighted by Gasteiger charge is 2.02. The summed E-state index contributed by atoms with van der Waals surface area (Å²) in [6.07, 6.45) is 5.68. The van der Waals surface area contributed by atoms with Gasteiger partial charge in [-0.15, -0.1) is 0 Å². The lowest BCUT2D eigenvalue weighted by Gasteiger charge is -1.97. The van der Waals surface area contributed by atoms with E-state index >= 15 is 0 Å². The van der Waals surface area contributed by atoms with Gasteiger partial charge in [-0.05, 0) is 17.2 Å². The molecule has 0 spiro atoms. The van der Waals surface area contributed by atoms with Crippen molar-refractivity contribution < 1.29 is 0 Å². The van der Waals surface area contributed by atoms with Crippen molar-refractivity contribution >= 4 is 23.1 Å². The van der Waals surface area contributed by atoms with Gasteiger partial charge >= 0.3 is 0 Å². The molecule has 0 aliphatic heterocycles. The van der Waals surface area contributed by atoms with Crippen molar-refractivity contribution in [1.82, 2.24) is 4.98 Å². The minimum Gasteiger partial charge on any atom is -0.361 e. The lowest BCUT2D eigenvalue weighted by atomic mass is 10.1. The summed E-state index contributed by atoms with van der Waals surface area (Å²) >= 11 is 0. The Bertz CT molecular complexity index is 463. The maximum atomic E-state index is 3.79. The minimum atomic E-state index is 1.13. The average molecular weight is 169 g/mol. The van der Waals surface area contributed by atoms with E-state index in [-0.39, 0.29) is 0 Å². The molecule has 0 atom stereocenters. The first-order chi connectivity index (χ1) is 6.36. The summed E-state index contributed by atoms with van der Waals surface area (Å²) in [5.41, 5.74) is 3.41. The van der Waals surface area contributed by atoms with Crippen LogP contribution in [0.1, 0.15) is 11.1 Å². The van der Waals surface area contributed by atoms with E-state index < -0.39 is 0 Å². The number of hydrogen-bond acceptors (Lipinski definition) is 0. The lowest BCUT2D eigenvalue weighted by Crippen LogP contribution is -1.75. The predicted molar refractivity (Wildman–Crippen MR) is 58.5 cm³/mol. The van der Waals surface area contributed by atoms with E-state index in [4.69, 9.17) is 0 Å². The first kappa shape index (κ1) is 7.87. The lowest BCUT2D eigenvalue weighted by molar-refractivity contribution is 1.47. The van der Waals surface area contributed by atoms with Crippen LogP contribution in [0.15, 0.2) is 37.6 Å². The second-order valence-corrected chi connectivity index (χ2v) is 2.92. The minimum absolute atomic E-state index is 1.13. The largest absolute Gasteiger partial charge is 0.361 e. The van der Waals surface area contributed by atoms with E-state index in [1.807, 2.05) is 24.4 Å². The summed E-state index contributed by atoms with van der Waals surface area (Å²) in [4.78, 5) is 3.19. The molecule has 1 aromatic heterocycles. The molecule has 0 radical (unpaired) electrons. The van der Waals surface area contributed by atoms with Crippen LogP contribution < -0.4 is 0 Å². The molecule has 0 saturated heterocycles. The second kappa shape index (κ2) is 2.94. The molecule has 1 nitrogen and oxygen atoms in total. The zero-order valence-electron chi connectivity index (χ0n) is 7.38. The fourth-order valence-corrected chi connectivity index (χ4v) is 1.57. The molecule has 0 amide bonds. The van der Waals surface area contributed by atoms with Gasteiger partial charge in [-0.1, -0.05) is 37.4 Å². The van der Waals surface area contributed by atoms with Gasteiger partial charge in [0.1, 0.15) is 0 Å². The summed E-state index contributed by atoms with van der Waals surface area (Å²) in [7, 11) is 0. The molecule has 1 N–H and O–H groups in total. The topological polar surface area (TPSA) is 15.8 Å². The van der Waals surface area contributed by atoms with Gasteiger partial charge in [0.2, 0.25) is 0 Å². The molecular formula is C12H11N. The Hall–Kier alpha value is -1.76. The summed E-state index contributed by atoms with van der Waals surface area (Å²) in [6.45, 7) is 7.56. The van der Waals surface area contributed by atoms with Crippen LogP contribution in [-0.2, 0) is 0 Å². The highest BCUT2D eigenvalue weighted by Crippen LogP contribution is 2.23. The first-order valence-electron chi connectivity index (χ1n) is 4.22. The highest BCUT2D eigenvalue weighted by molar-refractivity contribution is 5.95. The van der Waals surface area contributed by atoms with Gasteiger partial charge in [-0.25, -0.2) is 0 Å². The van der Waals surface area contributed by atoms with E-state index in [0.29, 0.717) is 0 Å². The molecule has 2 rings (SSSR count). The Labute approximate surface area is 77.4 Å². The SMILES string of the molecule is C=Cc1cccc2[nH]cc(C=C)c12. The van der Waals surface area contributed by atoms with Crippen molar-refractivity contribution in [3.8, 4) is 0 Å². The monoisotopic (exact) mass is 169 g/mol. The maximum absolute atomic E-state index is 3.79. The molecule has 2 aromatic rings. The Morgan fingerprint density at radius 2 is 1.85 bits per heavy atom. The third-order valence-corrected chi connectivity index (χ3v) is 2.21. The molecule has 0 unspecified atom stereocenters. The summed E-state index contributed by atoms with van der Waals surface area (Å²) < 4.78 is 0. The summed E-state index contributed by atoms with van der Waals surface area (Å²) in [5.74, 6) is 0. The van der Waals surface area contributed by atoms with Crippen LogP contribution in [-0.4, -0.2) is 4.98 Å². The van der Waals surface area contributed by atoms with Gasteiger partial charge < -0.3 is 4.98 Å². The van der Waals surface area contributed by atoms with E-state index in [1.54, 1.807) is 0 Å². The first-order valence-corrected chi connectivity index (χ1v) is 4.22. The molecule has 0 fully saturated rings. The molecule has 1 aromatic carbocycles.